The maximum atomic E-state index is 14.8. The normalized spacial score (nSPS) is 25.4. The van der Waals surface area contributed by atoms with Crippen LogP contribution in [0.4, 0.5) is 4.79 Å². The van der Waals surface area contributed by atoms with Gasteiger partial charge >= 0.3 is 6.03 Å². The van der Waals surface area contributed by atoms with Gasteiger partial charge in [0.2, 0.25) is 27.6 Å². The average Bonchev–Trinajstić information content (AvgIpc) is 3.91. The van der Waals surface area contributed by atoms with Gasteiger partial charge in [-0.2, -0.15) is 4.31 Å². The Balaban J connectivity index is 1.58. The SMILES string of the molecule is C=CCNC(=O)C(=O)C(CC1CC1)NC(=O)[C@@H]1[C@@H]2[C@H](CN1C(=O)[C@@H](NC(=O)N[C@H](CS(=O)(=O)N(C)C(C)(C)C)C(C)C)C1(C)CCCCC1)C2(C)C. The second-order valence-corrected chi connectivity index (χ2v) is 20.1. The quantitative estimate of drug-likeness (QED) is 0.138. The summed E-state index contributed by atoms with van der Waals surface area (Å²) in [6, 6.07) is -4.23. The second kappa shape index (κ2) is 15.8. The Hall–Kier alpha value is -3.00. The van der Waals surface area contributed by atoms with Crippen molar-refractivity contribution in [2.24, 2.45) is 34.5 Å². The maximum absolute atomic E-state index is 14.8. The average molecular weight is 749 g/mol. The van der Waals surface area contributed by atoms with E-state index in [1.807, 2.05) is 20.8 Å². The summed E-state index contributed by atoms with van der Waals surface area (Å²) >= 11 is 0. The minimum Gasteiger partial charge on any atom is -0.346 e. The van der Waals surface area contributed by atoms with Crippen molar-refractivity contribution in [1.82, 2.24) is 30.5 Å². The molecular formula is C38H64N6O7S. The smallest absolute Gasteiger partial charge is 0.315 e. The number of ketones is 1. The highest BCUT2D eigenvalue weighted by Crippen LogP contribution is 2.65. The number of Topliss-reactive ketones (excluding diaryl/α,β-unsaturated/α-hetero) is 1. The number of carbonyl (C=O) groups excluding carboxylic acids is 5. The minimum atomic E-state index is -3.74. The standard InChI is InChI=1S/C38H64N6O7S/c1-11-19-39-33(47)30(45)26(20-24-15-16-24)40-32(46)29-28-25(37(28,7)8)21-44(29)34(48)31(38(9)17-13-12-14-18-38)42-35(49)41-27(23(2)3)22-52(50,51)43(10)36(4,5)6/h11,23-29,31H,1,12-22H2,2-10H3,(H,39,47)(H,40,46)(H2,41,42,49)/t25-,26?,27+,28-,29-,31+/m0/s1. The third kappa shape index (κ3) is 9.37. The Morgan fingerprint density at radius 2 is 1.60 bits per heavy atom. The monoisotopic (exact) mass is 748 g/mol. The third-order valence-corrected chi connectivity index (χ3v) is 14.5. The maximum Gasteiger partial charge on any atom is 0.315 e. The van der Waals surface area contributed by atoms with Crippen LogP contribution in [0.2, 0.25) is 0 Å². The van der Waals surface area contributed by atoms with E-state index in [0.717, 1.165) is 32.1 Å². The number of rotatable bonds is 16. The lowest BCUT2D eigenvalue weighted by Crippen LogP contribution is -2.63. The molecule has 0 bridgehead atoms. The molecule has 5 amide bonds. The van der Waals surface area contributed by atoms with E-state index in [0.29, 0.717) is 25.8 Å². The van der Waals surface area contributed by atoms with Crippen LogP contribution >= 0.6 is 0 Å². The number of piperidine rings is 1. The number of nitrogens with zero attached hydrogens (tertiary/aromatic N) is 2. The fraction of sp³-hybridized carbons (Fsp3) is 0.816. The number of sulfonamides is 1. The van der Waals surface area contributed by atoms with E-state index in [9.17, 15) is 32.4 Å². The highest BCUT2D eigenvalue weighted by atomic mass is 32.2. The van der Waals surface area contributed by atoms with E-state index in [1.54, 1.807) is 25.7 Å². The van der Waals surface area contributed by atoms with Crippen molar-refractivity contribution in [3.05, 3.63) is 12.7 Å². The van der Waals surface area contributed by atoms with Gasteiger partial charge in [-0.05, 0) is 74.5 Å². The van der Waals surface area contributed by atoms with Gasteiger partial charge in [-0.1, -0.05) is 72.8 Å². The first kappa shape index (κ1) is 41.8. The van der Waals surface area contributed by atoms with Crippen molar-refractivity contribution in [1.29, 1.82) is 0 Å². The summed E-state index contributed by atoms with van der Waals surface area (Å²) < 4.78 is 28.0. The van der Waals surface area contributed by atoms with Crippen molar-refractivity contribution in [3.63, 3.8) is 0 Å². The molecule has 6 atom stereocenters. The van der Waals surface area contributed by atoms with Gasteiger partial charge in [-0.3, -0.25) is 19.2 Å². The Morgan fingerprint density at radius 1 is 0.981 bits per heavy atom. The van der Waals surface area contributed by atoms with Gasteiger partial charge in [0.05, 0.1) is 11.8 Å². The van der Waals surface area contributed by atoms with Gasteiger partial charge in [-0.15, -0.1) is 6.58 Å². The number of amides is 5. The number of nitrogens with one attached hydrogen (secondary N) is 4. The molecular weight excluding hydrogens is 685 g/mol. The molecule has 1 unspecified atom stereocenters. The molecule has 294 valence electrons. The first-order chi connectivity index (χ1) is 24.0. The van der Waals surface area contributed by atoms with Gasteiger partial charge in [0.15, 0.2) is 0 Å². The summed E-state index contributed by atoms with van der Waals surface area (Å²) in [5.74, 6) is -2.70. The number of carbonyl (C=O) groups is 5. The minimum absolute atomic E-state index is 0.0599. The van der Waals surface area contributed by atoms with Crippen molar-refractivity contribution in [2.45, 2.75) is 136 Å². The van der Waals surface area contributed by atoms with E-state index in [-0.39, 0.29) is 47.3 Å². The van der Waals surface area contributed by atoms with Crippen molar-refractivity contribution in [2.75, 3.05) is 25.9 Å². The Labute approximate surface area is 311 Å². The van der Waals surface area contributed by atoms with E-state index in [2.05, 4.69) is 41.7 Å². The fourth-order valence-corrected chi connectivity index (χ4v) is 10.2. The van der Waals surface area contributed by atoms with Gasteiger partial charge < -0.3 is 26.2 Å². The number of likely N-dealkylation sites (tertiary alicyclic amines) is 1. The van der Waals surface area contributed by atoms with Crippen LogP contribution in [0.5, 0.6) is 0 Å². The molecule has 0 aromatic rings. The fourth-order valence-electron chi connectivity index (χ4n) is 8.24. The van der Waals surface area contributed by atoms with E-state index in [4.69, 9.17) is 0 Å². The highest BCUT2D eigenvalue weighted by molar-refractivity contribution is 7.89. The number of hydrogen-bond donors (Lipinski definition) is 4. The number of fused-ring (bicyclic) bond motifs is 1. The third-order valence-electron chi connectivity index (χ3n) is 12.4. The van der Waals surface area contributed by atoms with Crippen LogP contribution in [0.3, 0.4) is 0 Å². The van der Waals surface area contributed by atoms with E-state index >= 15 is 0 Å². The molecule has 1 aliphatic heterocycles. The zero-order valence-corrected chi connectivity index (χ0v) is 33.7. The van der Waals surface area contributed by atoms with Crippen LogP contribution in [0.15, 0.2) is 12.7 Å². The molecule has 0 aromatic heterocycles. The lowest BCUT2D eigenvalue weighted by Gasteiger charge is -2.43. The topological polar surface area (TPSA) is 174 Å². The highest BCUT2D eigenvalue weighted by Gasteiger charge is 2.70. The molecule has 4 aliphatic rings. The molecule has 1 heterocycles. The van der Waals surface area contributed by atoms with E-state index < -0.39 is 68.8 Å². The molecule has 0 aromatic carbocycles. The molecule has 13 nitrogen and oxygen atoms in total. The van der Waals surface area contributed by atoms with Crippen molar-refractivity contribution >= 4 is 39.6 Å². The van der Waals surface area contributed by atoms with Gasteiger partial charge in [0.1, 0.15) is 12.1 Å². The Morgan fingerprint density at radius 3 is 2.13 bits per heavy atom. The molecule has 4 rings (SSSR count). The first-order valence-electron chi connectivity index (χ1n) is 19.1. The first-order valence-corrected chi connectivity index (χ1v) is 20.7. The Kier molecular flexibility index (Phi) is 12.7. The van der Waals surface area contributed by atoms with Gasteiger partial charge in [0, 0.05) is 31.7 Å². The van der Waals surface area contributed by atoms with Gasteiger partial charge in [0.25, 0.3) is 5.91 Å². The molecule has 1 saturated heterocycles. The summed E-state index contributed by atoms with van der Waals surface area (Å²) in [7, 11) is -2.21. The molecule has 4 fully saturated rings. The molecule has 52 heavy (non-hydrogen) atoms. The predicted molar refractivity (Wildman–Crippen MR) is 200 cm³/mol. The molecule has 0 spiro atoms. The number of hydrogen-bond acceptors (Lipinski definition) is 7. The summed E-state index contributed by atoms with van der Waals surface area (Å²) in [5, 5.41) is 11.3. The molecule has 4 N–H and O–H groups in total. The summed E-state index contributed by atoms with van der Waals surface area (Å²) in [6.07, 6.45) is 7.85. The van der Waals surface area contributed by atoms with E-state index in [1.165, 1.54) is 17.4 Å². The summed E-state index contributed by atoms with van der Waals surface area (Å²) in [5.41, 5.74) is -1.45. The second-order valence-electron chi connectivity index (χ2n) is 18.0. The molecule has 3 aliphatic carbocycles. The predicted octanol–water partition coefficient (Wildman–Crippen LogP) is 3.35. The largest absolute Gasteiger partial charge is 0.346 e. The van der Waals surface area contributed by atoms with Gasteiger partial charge in [-0.25, -0.2) is 13.2 Å². The van der Waals surface area contributed by atoms with Crippen molar-refractivity contribution < 1.29 is 32.4 Å². The summed E-state index contributed by atoms with van der Waals surface area (Å²) in [6.45, 7) is 19.3. The van der Waals surface area contributed by atoms with Crippen LogP contribution in [0.1, 0.15) is 107 Å². The van der Waals surface area contributed by atoms with Crippen LogP contribution in [0, 0.1) is 34.5 Å². The molecule has 14 heteroatoms. The molecule has 0 radical (unpaired) electrons. The van der Waals surface area contributed by atoms with Crippen LogP contribution in [0.25, 0.3) is 0 Å². The lowest BCUT2D eigenvalue weighted by atomic mass is 9.70. The Bertz CT molecular complexity index is 1490. The molecule has 3 saturated carbocycles. The summed E-state index contributed by atoms with van der Waals surface area (Å²) in [4.78, 5) is 70.4. The van der Waals surface area contributed by atoms with Crippen LogP contribution in [-0.2, 0) is 29.2 Å². The lowest BCUT2D eigenvalue weighted by molar-refractivity contribution is -0.146. The zero-order chi connectivity index (χ0) is 39.0. The zero-order valence-electron chi connectivity index (χ0n) is 32.8. The van der Waals surface area contributed by atoms with Crippen LogP contribution < -0.4 is 21.3 Å². The number of urea groups is 1. The van der Waals surface area contributed by atoms with Crippen LogP contribution in [-0.4, -0.2) is 103 Å². The van der Waals surface area contributed by atoms with Crippen molar-refractivity contribution in [3.8, 4) is 0 Å².